The molecule has 0 radical (unpaired) electrons. The molecule has 0 atom stereocenters. The summed E-state index contributed by atoms with van der Waals surface area (Å²) in [4.78, 5) is 4.20. The van der Waals surface area contributed by atoms with Gasteiger partial charge in [0.05, 0.1) is 6.61 Å². The molecule has 0 spiro atoms. The maximum atomic E-state index is 13.1. The fourth-order valence-electron chi connectivity index (χ4n) is 2.54. The van der Waals surface area contributed by atoms with E-state index in [0.29, 0.717) is 13.2 Å². The van der Waals surface area contributed by atoms with Gasteiger partial charge in [-0.3, -0.25) is 4.99 Å². The van der Waals surface area contributed by atoms with Crippen molar-refractivity contribution in [2.75, 3.05) is 26.7 Å². The van der Waals surface area contributed by atoms with Crippen LogP contribution in [0.25, 0.3) is 0 Å². The van der Waals surface area contributed by atoms with E-state index in [2.05, 4.69) is 27.8 Å². The molecule has 5 heteroatoms. The largest absolute Gasteiger partial charge is 0.377 e. The molecule has 2 N–H and O–H groups in total. The second-order valence-electron chi connectivity index (χ2n) is 6.05. The van der Waals surface area contributed by atoms with Crippen molar-refractivity contribution in [3.8, 4) is 0 Å². The van der Waals surface area contributed by atoms with Crippen molar-refractivity contribution in [2.45, 2.75) is 25.9 Å². The molecule has 0 aromatic heterocycles. The van der Waals surface area contributed by atoms with E-state index in [-0.39, 0.29) is 5.82 Å². The normalized spacial score (nSPS) is 11.4. The van der Waals surface area contributed by atoms with Crippen LogP contribution in [0, 0.1) is 5.82 Å². The molecule has 4 nitrogen and oxygen atoms in total. The minimum Gasteiger partial charge on any atom is -0.377 e. The first-order valence-corrected chi connectivity index (χ1v) is 9.08. The highest BCUT2D eigenvalue weighted by molar-refractivity contribution is 5.79. The van der Waals surface area contributed by atoms with Crippen molar-refractivity contribution in [1.29, 1.82) is 0 Å². The van der Waals surface area contributed by atoms with Gasteiger partial charge in [0.2, 0.25) is 0 Å². The van der Waals surface area contributed by atoms with E-state index in [0.717, 1.165) is 43.9 Å². The Labute approximate surface area is 155 Å². The molecule has 0 aliphatic heterocycles. The minimum atomic E-state index is -0.195. The van der Waals surface area contributed by atoms with Gasteiger partial charge in [-0.1, -0.05) is 42.5 Å². The third kappa shape index (κ3) is 8.12. The predicted molar refractivity (Wildman–Crippen MR) is 105 cm³/mol. The predicted octanol–water partition coefficient (Wildman–Crippen LogP) is 3.53. The quantitative estimate of drug-likeness (QED) is 0.388. The summed E-state index contributed by atoms with van der Waals surface area (Å²) in [6.07, 6.45) is 2.77. The molecule has 0 fully saturated rings. The van der Waals surface area contributed by atoms with Crippen molar-refractivity contribution in [3.63, 3.8) is 0 Å². The summed E-state index contributed by atoms with van der Waals surface area (Å²) in [6.45, 7) is 2.97. The number of benzene rings is 2. The van der Waals surface area contributed by atoms with Gasteiger partial charge >= 0.3 is 0 Å². The van der Waals surface area contributed by atoms with Crippen LogP contribution in [0.4, 0.5) is 4.39 Å². The fraction of sp³-hybridized carbons (Fsp3) is 0.381. The molecule has 26 heavy (non-hydrogen) atoms. The Bertz CT molecular complexity index is 661. The summed E-state index contributed by atoms with van der Waals surface area (Å²) >= 11 is 0. The molecule has 0 aliphatic carbocycles. The Hall–Kier alpha value is -2.40. The second-order valence-corrected chi connectivity index (χ2v) is 6.05. The van der Waals surface area contributed by atoms with Crippen LogP contribution >= 0.6 is 0 Å². The molecule has 2 rings (SSSR count). The zero-order chi connectivity index (χ0) is 18.5. The molecule has 2 aromatic carbocycles. The highest BCUT2D eigenvalue weighted by atomic mass is 19.1. The number of hydrogen-bond donors (Lipinski definition) is 2. The van der Waals surface area contributed by atoms with Gasteiger partial charge < -0.3 is 15.4 Å². The lowest BCUT2D eigenvalue weighted by atomic mass is 10.1. The number of nitrogens with one attached hydrogen (secondary N) is 2. The third-order valence-electron chi connectivity index (χ3n) is 3.94. The van der Waals surface area contributed by atoms with Crippen LogP contribution in [0.2, 0.25) is 0 Å². The first kappa shape index (κ1) is 19.9. The van der Waals surface area contributed by atoms with E-state index in [1.807, 2.05) is 24.3 Å². The molecular weight excluding hydrogens is 329 g/mol. The summed E-state index contributed by atoms with van der Waals surface area (Å²) in [5.41, 5.74) is 2.18. The Morgan fingerprint density at radius 3 is 2.50 bits per heavy atom. The number of rotatable bonds is 10. The van der Waals surface area contributed by atoms with Crippen molar-refractivity contribution in [1.82, 2.24) is 10.6 Å². The maximum absolute atomic E-state index is 13.1. The van der Waals surface area contributed by atoms with Gasteiger partial charge in [0.25, 0.3) is 0 Å². The van der Waals surface area contributed by atoms with Gasteiger partial charge in [-0.15, -0.1) is 0 Å². The Kier molecular flexibility index (Phi) is 9.22. The van der Waals surface area contributed by atoms with Crippen LogP contribution < -0.4 is 10.6 Å². The van der Waals surface area contributed by atoms with E-state index in [9.17, 15) is 4.39 Å². The summed E-state index contributed by atoms with van der Waals surface area (Å²) in [7, 11) is 1.75. The average Bonchev–Trinajstić information content (AvgIpc) is 2.66. The Morgan fingerprint density at radius 1 is 0.962 bits per heavy atom. The van der Waals surface area contributed by atoms with Gasteiger partial charge in [0, 0.05) is 26.7 Å². The van der Waals surface area contributed by atoms with Gasteiger partial charge in [0.15, 0.2) is 5.96 Å². The van der Waals surface area contributed by atoms with Crippen LogP contribution in [-0.4, -0.2) is 32.7 Å². The number of hydrogen-bond acceptors (Lipinski definition) is 2. The number of ether oxygens (including phenoxy) is 1. The molecular formula is C21H28FN3O. The Balaban J connectivity index is 1.50. The molecule has 0 heterocycles. The topological polar surface area (TPSA) is 45.7 Å². The van der Waals surface area contributed by atoms with E-state index in [4.69, 9.17) is 4.74 Å². The zero-order valence-electron chi connectivity index (χ0n) is 15.4. The number of nitrogens with zero attached hydrogens (tertiary/aromatic N) is 1. The molecule has 140 valence electrons. The zero-order valence-corrected chi connectivity index (χ0v) is 15.4. The number of halogens is 1. The van der Waals surface area contributed by atoms with Crippen LogP contribution in [0.5, 0.6) is 0 Å². The number of aliphatic imine (C=N–C) groups is 1. The van der Waals surface area contributed by atoms with E-state index in [1.165, 1.54) is 11.6 Å². The summed E-state index contributed by atoms with van der Waals surface area (Å²) in [5, 5.41) is 6.53. The first-order valence-electron chi connectivity index (χ1n) is 9.08. The Morgan fingerprint density at radius 2 is 1.73 bits per heavy atom. The first-order chi connectivity index (χ1) is 12.8. The summed E-state index contributed by atoms with van der Waals surface area (Å²) in [5.74, 6) is 0.575. The lowest BCUT2D eigenvalue weighted by Crippen LogP contribution is -2.38. The van der Waals surface area contributed by atoms with E-state index < -0.39 is 0 Å². The van der Waals surface area contributed by atoms with Crippen molar-refractivity contribution in [3.05, 3.63) is 71.5 Å². The van der Waals surface area contributed by atoms with E-state index >= 15 is 0 Å². The van der Waals surface area contributed by atoms with Crippen LogP contribution in [0.1, 0.15) is 24.0 Å². The standard InChI is InChI=1S/C21H28FN3O/c1-23-21(25-14-12-18-10-7-11-20(22)16-18)24-13-5-6-15-26-17-19-8-3-2-4-9-19/h2-4,7-11,16H,5-6,12-15,17H2,1H3,(H2,23,24,25). The van der Waals surface area contributed by atoms with Crippen LogP contribution in [-0.2, 0) is 17.8 Å². The molecule has 0 unspecified atom stereocenters. The number of guanidine groups is 1. The fourth-order valence-corrected chi connectivity index (χ4v) is 2.54. The van der Waals surface area contributed by atoms with Crippen LogP contribution in [0.15, 0.2) is 59.6 Å². The summed E-state index contributed by atoms with van der Waals surface area (Å²) < 4.78 is 18.8. The minimum absolute atomic E-state index is 0.195. The molecule has 0 aliphatic rings. The molecule has 0 saturated carbocycles. The molecule has 2 aromatic rings. The summed E-state index contributed by atoms with van der Waals surface area (Å²) in [6, 6.07) is 16.9. The van der Waals surface area contributed by atoms with Crippen LogP contribution in [0.3, 0.4) is 0 Å². The second kappa shape index (κ2) is 12.0. The third-order valence-corrected chi connectivity index (χ3v) is 3.94. The molecule has 0 saturated heterocycles. The lowest BCUT2D eigenvalue weighted by Gasteiger charge is -2.12. The maximum Gasteiger partial charge on any atom is 0.190 e. The van der Waals surface area contributed by atoms with Crippen molar-refractivity contribution in [2.24, 2.45) is 4.99 Å². The van der Waals surface area contributed by atoms with Gasteiger partial charge in [-0.25, -0.2) is 4.39 Å². The van der Waals surface area contributed by atoms with Gasteiger partial charge in [0.1, 0.15) is 5.82 Å². The average molecular weight is 357 g/mol. The lowest BCUT2D eigenvalue weighted by molar-refractivity contribution is 0.117. The smallest absolute Gasteiger partial charge is 0.190 e. The van der Waals surface area contributed by atoms with Gasteiger partial charge in [-0.2, -0.15) is 0 Å². The van der Waals surface area contributed by atoms with Crippen molar-refractivity contribution < 1.29 is 9.13 Å². The number of unbranched alkanes of at least 4 members (excludes halogenated alkanes) is 1. The SMILES string of the molecule is CN=C(NCCCCOCc1ccccc1)NCCc1cccc(F)c1. The van der Waals surface area contributed by atoms with Gasteiger partial charge in [-0.05, 0) is 42.5 Å². The molecule has 0 bridgehead atoms. The highest BCUT2D eigenvalue weighted by Gasteiger charge is 1.99. The monoisotopic (exact) mass is 357 g/mol. The highest BCUT2D eigenvalue weighted by Crippen LogP contribution is 2.03. The van der Waals surface area contributed by atoms with Crippen molar-refractivity contribution >= 4 is 5.96 Å². The molecule has 0 amide bonds. The van der Waals surface area contributed by atoms with E-state index in [1.54, 1.807) is 19.2 Å².